The van der Waals surface area contributed by atoms with E-state index < -0.39 is 0 Å². The summed E-state index contributed by atoms with van der Waals surface area (Å²) in [7, 11) is 0. The number of nitrogens with one attached hydrogen (secondary N) is 1. The summed E-state index contributed by atoms with van der Waals surface area (Å²) in [5.74, 6) is 0. The van der Waals surface area contributed by atoms with Gasteiger partial charge in [-0.2, -0.15) is 0 Å². The summed E-state index contributed by atoms with van der Waals surface area (Å²) in [6.45, 7) is 0. The van der Waals surface area contributed by atoms with Crippen LogP contribution in [0.5, 0.6) is 0 Å². The van der Waals surface area contributed by atoms with Gasteiger partial charge in [0.2, 0.25) is 0 Å². The van der Waals surface area contributed by atoms with E-state index in [2.05, 4.69) is 9.97 Å². The van der Waals surface area contributed by atoms with Crippen LogP contribution in [0.2, 0.25) is 0 Å². The Morgan fingerprint density at radius 1 is 1.36 bits per heavy atom. The third-order valence-electron chi connectivity index (χ3n) is 1.12. The smallest absolute Gasteiger partial charge is 0.125 e. The first-order valence-electron chi connectivity index (χ1n) is 2.76. The molecule has 0 atom stereocenters. The zero-order chi connectivity index (χ0) is 8.43. The van der Waals surface area contributed by atoms with Gasteiger partial charge in [0.1, 0.15) is 21.4 Å². The van der Waals surface area contributed by atoms with E-state index in [1.54, 1.807) is 0 Å². The van der Waals surface area contributed by atoms with E-state index >= 15 is 0 Å². The lowest BCUT2D eigenvalue weighted by Crippen LogP contribution is -2.18. The Balaban J connectivity index is 3.16. The van der Waals surface area contributed by atoms with Crippen molar-refractivity contribution in [2.75, 3.05) is 0 Å². The number of hydrogen-bond donors (Lipinski definition) is 3. The second-order valence-corrected chi connectivity index (χ2v) is 2.73. The number of nitrogens with two attached hydrogens (primary N) is 2. The first-order valence-corrected chi connectivity index (χ1v) is 3.57. The quantitative estimate of drug-likeness (QED) is 0.551. The molecule has 1 heterocycles. The second-order valence-electron chi connectivity index (χ2n) is 1.85. The van der Waals surface area contributed by atoms with Gasteiger partial charge in [-0.05, 0) is 0 Å². The molecule has 0 aliphatic carbocycles. The lowest BCUT2D eigenvalue weighted by Gasteiger charge is -1.95. The van der Waals surface area contributed by atoms with Crippen molar-refractivity contribution in [3.63, 3.8) is 0 Å². The van der Waals surface area contributed by atoms with Crippen LogP contribution >= 0.6 is 24.4 Å². The van der Waals surface area contributed by atoms with Crippen molar-refractivity contribution in [2.45, 2.75) is 0 Å². The standard InChI is InChI=1S/C5H6N4S2/c6-4(10)2-3(5(7)11)9-1-8-2/h1H,(H2,6,10)(H2,7,11)(H,8,9). The summed E-state index contributed by atoms with van der Waals surface area (Å²) in [5.41, 5.74) is 11.6. The zero-order valence-electron chi connectivity index (χ0n) is 5.50. The molecule has 0 aromatic carbocycles. The molecule has 4 nitrogen and oxygen atoms in total. The maximum absolute atomic E-state index is 5.34. The van der Waals surface area contributed by atoms with Crippen LogP contribution in [-0.2, 0) is 0 Å². The summed E-state index contributed by atoms with van der Waals surface area (Å²) in [6.07, 6.45) is 1.45. The predicted molar refractivity (Wildman–Crippen MR) is 50.4 cm³/mol. The summed E-state index contributed by atoms with van der Waals surface area (Å²) >= 11 is 9.42. The van der Waals surface area contributed by atoms with Crippen LogP contribution in [0.1, 0.15) is 11.4 Å². The molecule has 0 radical (unpaired) electrons. The van der Waals surface area contributed by atoms with Crippen molar-refractivity contribution in [1.29, 1.82) is 0 Å². The van der Waals surface area contributed by atoms with E-state index in [9.17, 15) is 0 Å². The highest BCUT2D eigenvalue weighted by Gasteiger charge is 2.09. The molecule has 1 aromatic rings. The van der Waals surface area contributed by atoms with Gasteiger partial charge in [-0.25, -0.2) is 4.98 Å². The number of aromatic amines is 1. The van der Waals surface area contributed by atoms with Gasteiger partial charge in [0.25, 0.3) is 0 Å². The van der Waals surface area contributed by atoms with Gasteiger partial charge in [-0.3, -0.25) is 0 Å². The van der Waals surface area contributed by atoms with E-state index in [0.717, 1.165) is 0 Å². The average molecular weight is 186 g/mol. The number of thiocarbonyl (C=S) groups is 2. The predicted octanol–water partition coefficient (Wildman–Crippen LogP) is -0.322. The minimum atomic E-state index is 0.189. The fourth-order valence-corrected chi connectivity index (χ4v) is 0.979. The summed E-state index contributed by atoms with van der Waals surface area (Å²) in [4.78, 5) is 6.99. The van der Waals surface area contributed by atoms with Gasteiger partial charge >= 0.3 is 0 Å². The minimum absolute atomic E-state index is 0.189. The molecule has 0 aliphatic rings. The topological polar surface area (TPSA) is 80.7 Å². The fraction of sp³-hybridized carbons (Fsp3) is 0. The molecule has 0 spiro atoms. The van der Waals surface area contributed by atoms with Gasteiger partial charge in [0.05, 0.1) is 6.33 Å². The Labute approximate surface area is 74.0 Å². The molecule has 0 saturated heterocycles. The lowest BCUT2D eigenvalue weighted by atomic mass is 10.3. The van der Waals surface area contributed by atoms with E-state index in [-0.39, 0.29) is 9.98 Å². The Kier molecular flexibility index (Phi) is 2.16. The maximum atomic E-state index is 5.34. The zero-order valence-corrected chi connectivity index (χ0v) is 7.13. The molecular weight excluding hydrogens is 180 g/mol. The van der Waals surface area contributed by atoms with Crippen molar-refractivity contribution in [3.05, 3.63) is 17.7 Å². The SMILES string of the molecule is NC(=S)c1nc[nH]c1C(N)=S. The van der Waals surface area contributed by atoms with E-state index in [4.69, 9.17) is 35.9 Å². The van der Waals surface area contributed by atoms with E-state index in [0.29, 0.717) is 11.4 Å². The first kappa shape index (κ1) is 8.09. The third kappa shape index (κ3) is 1.52. The summed E-state index contributed by atoms with van der Waals surface area (Å²) in [5, 5.41) is 0. The molecule has 0 amide bonds. The van der Waals surface area contributed by atoms with Crippen molar-refractivity contribution in [1.82, 2.24) is 9.97 Å². The number of rotatable bonds is 2. The molecule has 1 aromatic heterocycles. The van der Waals surface area contributed by atoms with Crippen LogP contribution in [0.4, 0.5) is 0 Å². The van der Waals surface area contributed by atoms with Gasteiger partial charge in [-0.15, -0.1) is 0 Å². The Bertz CT molecular complexity index is 275. The monoisotopic (exact) mass is 186 g/mol. The highest BCUT2D eigenvalue weighted by atomic mass is 32.1. The number of imidazole rings is 1. The highest BCUT2D eigenvalue weighted by molar-refractivity contribution is 7.81. The number of H-pyrrole nitrogens is 1. The van der Waals surface area contributed by atoms with Crippen LogP contribution in [0.3, 0.4) is 0 Å². The van der Waals surface area contributed by atoms with Crippen LogP contribution in [0, 0.1) is 0 Å². The van der Waals surface area contributed by atoms with E-state index in [1.807, 2.05) is 0 Å². The number of hydrogen-bond acceptors (Lipinski definition) is 3. The van der Waals surface area contributed by atoms with Gasteiger partial charge in [0.15, 0.2) is 0 Å². The van der Waals surface area contributed by atoms with Crippen LogP contribution in [0.15, 0.2) is 6.33 Å². The molecule has 1 rings (SSSR count). The molecule has 5 N–H and O–H groups in total. The fourth-order valence-electron chi connectivity index (χ4n) is 0.669. The average Bonchev–Trinajstić information content (AvgIpc) is 2.32. The second kappa shape index (κ2) is 2.93. The Hall–Kier alpha value is -1.01. The first-order chi connectivity index (χ1) is 5.13. The molecule has 0 saturated carbocycles. The normalized spacial score (nSPS) is 9.45. The third-order valence-corrected chi connectivity index (χ3v) is 1.52. The molecule has 58 valence electrons. The van der Waals surface area contributed by atoms with Crippen molar-refractivity contribution in [2.24, 2.45) is 11.5 Å². The van der Waals surface area contributed by atoms with Crippen LogP contribution in [0.25, 0.3) is 0 Å². The molecule has 0 fully saturated rings. The largest absolute Gasteiger partial charge is 0.388 e. The molecule has 0 unspecified atom stereocenters. The van der Waals surface area contributed by atoms with Crippen molar-refractivity contribution >= 4 is 34.4 Å². The number of nitrogens with zero attached hydrogens (tertiary/aromatic N) is 1. The summed E-state index contributed by atoms with van der Waals surface area (Å²) < 4.78 is 0. The summed E-state index contributed by atoms with van der Waals surface area (Å²) in [6, 6.07) is 0. The molecule has 6 heteroatoms. The Morgan fingerprint density at radius 2 is 2.00 bits per heavy atom. The van der Waals surface area contributed by atoms with Gasteiger partial charge in [-0.1, -0.05) is 24.4 Å². The van der Waals surface area contributed by atoms with Gasteiger partial charge < -0.3 is 16.5 Å². The van der Waals surface area contributed by atoms with E-state index in [1.165, 1.54) is 6.33 Å². The minimum Gasteiger partial charge on any atom is -0.388 e. The molecule has 0 bridgehead atoms. The molecule has 0 aliphatic heterocycles. The Morgan fingerprint density at radius 3 is 2.36 bits per heavy atom. The molecular formula is C5H6N4S2. The lowest BCUT2D eigenvalue weighted by molar-refractivity contribution is 1.30. The molecule has 11 heavy (non-hydrogen) atoms. The maximum Gasteiger partial charge on any atom is 0.125 e. The van der Waals surface area contributed by atoms with Crippen LogP contribution < -0.4 is 11.5 Å². The highest BCUT2D eigenvalue weighted by Crippen LogP contribution is 2.01. The van der Waals surface area contributed by atoms with Crippen molar-refractivity contribution < 1.29 is 0 Å². The van der Waals surface area contributed by atoms with Crippen LogP contribution in [-0.4, -0.2) is 19.9 Å². The van der Waals surface area contributed by atoms with Gasteiger partial charge in [0, 0.05) is 0 Å². The van der Waals surface area contributed by atoms with Crippen molar-refractivity contribution in [3.8, 4) is 0 Å². The number of aromatic nitrogens is 2.